The standard InChI is InChI=1S/C35H74N.HI/c1-5-9-13-17-18-19-20-21-22-23-27-31-35-36(32-28-24-14-10-6-2,33-29-25-15-11-7-3)34-30-26-16-12-8-4;/h5-35H2,1-4H3;1H/q+1;/p-1. The second kappa shape index (κ2) is 32.9. The zero-order valence-electron chi connectivity index (χ0n) is 26.7. The summed E-state index contributed by atoms with van der Waals surface area (Å²) >= 11 is 0. The van der Waals surface area contributed by atoms with Crippen LogP contribution < -0.4 is 24.0 Å². The molecular formula is C35H74IN. The van der Waals surface area contributed by atoms with Gasteiger partial charge >= 0.3 is 0 Å². The number of unbranched alkanes of at least 4 members (excludes halogenated alkanes) is 23. The first-order valence-corrected chi connectivity index (χ1v) is 17.6. The molecule has 0 aromatic carbocycles. The lowest BCUT2D eigenvalue weighted by atomic mass is 10.0. The van der Waals surface area contributed by atoms with Gasteiger partial charge in [-0.2, -0.15) is 0 Å². The number of hydrogen-bond donors (Lipinski definition) is 0. The first kappa shape index (κ1) is 39.8. The number of nitrogens with zero attached hydrogens (tertiary/aromatic N) is 1. The molecule has 0 saturated carbocycles. The van der Waals surface area contributed by atoms with Gasteiger partial charge in [0.15, 0.2) is 0 Å². The van der Waals surface area contributed by atoms with Crippen molar-refractivity contribution in [3.63, 3.8) is 0 Å². The highest BCUT2D eigenvalue weighted by molar-refractivity contribution is 4.55. The highest BCUT2D eigenvalue weighted by atomic mass is 127. The smallest absolute Gasteiger partial charge is 0.0786 e. The van der Waals surface area contributed by atoms with Crippen molar-refractivity contribution < 1.29 is 28.5 Å². The van der Waals surface area contributed by atoms with Crippen molar-refractivity contribution in [2.24, 2.45) is 0 Å². The summed E-state index contributed by atoms with van der Waals surface area (Å²) in [5, 5.41) is 0. The Morgan fingerprint density at radius 2 is 0.405 bits per heavy atom. The SMILES string of the molecule is CCCCCCCCCCCCCC[N+](CCCCCCC)(CCCCCCC)CCCCCCC.[I-]. The molecule has 0 rings (SSSR count). The van der Waals surface area contributed by atoms with Crippen LogP contribution in [0.15, 0.2) is 0 Å². The fourth-order valence-electron chi connectivity index (χ4n) is 6.11. The summed E-state index contributed by atoms with van der Waals surface area (Å²) in [5.74, 6) is 0. The Hall–Kier alpha value is 0.690. The first-order chi connectivity index (χ1) is 17.7. The molecule has 0 aliphatic carbocycles. The van der Waals surface area contributed by atoms with E-state index in [4.69, 9.17) is 0 Å². The zero-order chi connectivity index (χ0) is 26.4. The van der Waals surface area contributed by atoms with Crippen molar-refractivity contribution in [2.45, 2.75) is 201 Å². The molecule has 1 nitrogen and oxygen atoms in total. The molecule has 0 spiro atoms. The maximum Gasteiger partial charge on any atom is 0.0786 e. The summed E-state index contributed by atoms with van der Waals surface area (Å²) in [6, 6.07) is 0. The van der Waals surface area contributed by atoms with E-state index in [1.165, 1.54) is 204 Å². The van der Waals surface area contributed by atoms with Gasteiger partial charge in [-0.15, -0.1) is 0 Å². The van der Waals surface area contributed by atoms with E-state index in [0.29, 0.717) is 0 Å². The summed E-state index contributed by atoms with van der Waals surface area (Å²) in [4.78, 5) is 0. The Kier molecular flexibility index (Phi) is 35.4. The minimum absolute atomic E-state index is 0. The van der Waals surface area contributed by atoms with Crippen LogP contribution >= 0.6 is 0 Å². The van der Waals surface area contributed by atoms with Crippen LogP contribution in [0.1, 0.15) is 201 Å². The third kappa shape index (κ3) is 28.0. The minimum atomic E-state index is 0. The van der Waals surface area contributed by atoms with Crippen molar-refractivity contribution in [1.82, 2.24) is 0 Å². The molecule has 37 heavy (non-hydrogen) atoms. The van der Waals surface area contributed by atoms with E-state index < -0.39 is 0 Å². The lowest BCUT2D eigenvalue weighted by Crippen LogP contribution is -3.00. The molecule has 0 amide bonds. The van der Waals surface area contributed by atoms with Crippen LogP contribution in [0.5, 0.6) is 0 Å². The van der Waals surface area contributed by atoms with E-state index in [1.54, 1.807) is 0 Å². The van der Waals surface area contributed by atoms with Gasteiger partial charge in [-0.1, -0.05) is 150 Å². The van der Waals surface area contributed by atoms with Crippen LogP contribution in [0, 0.1) is 0 Å². The van der Waals surface area contributed by atoms with Crippen LogP contribution in [0.2, 0.25) is 0 Å². The lowest BCUT2D eigenvalue weighted by Gasteiger charge is -2.40. The number of hydrogen-bond acceptors (Lipinski definition) is 0. The van der Waals surface area contributed by atoms with Crippen LogP contribution in [0.25, 0.3) is 0 Å². The predicted molar refractivity (Wildman–Crippen MR) is 167 cm³/mol. The highest BCUT2D eigenvalue weighted by Crippen LogP contribution is 2.20. The molecule has 0 fully saturated rings. The third-order valence-electron chi connectivity index (χ3n) is 8.69. The van der Waals surface area contributed by atoms with Gasteiger partial charge < -0.3 is 28.5 Å². The average molecular weight is 636 g/mol. The highest BCUT2D eigenvalue weighted by Gasteiger charge is 2.25. The summed E-state index contributed by atoms with van der Waals surface area (Å²) < 4.78 is 1.47. The molecule has 0 radical (unpaired) electrons. The molecule has 0 aromatic heterocycles. The van der Waals surface area contributed by atoms with Gasteiger partial charge in [0.2, 0.25) is 0 Å². The van der Waals surface area contributed by atoms with Crippen molar-refractivity contribution in [2.75, 3.05) is 26.2 Å². The van der Waals surface area contributed by atoms with Crippen molar-refractivity contribution in [3.8, 4) is 0 Å². The fourth-order valence-corrected chi connectivity index (χ4v) is 6.11. The molecule has 0 bridgehead atoms. The maximum atomic E-state index is 2.35. The number of quaternary nitrogens is 1. The van der Waals surface area contributed by atoms with E-state index >= 15 is 0 Å². The molecule has 0 atom stereocenters. The van der Waals surface area contributed by atoms with Crippen LogP contribution in [-0.4, -0.2) is 30.7 Å². The molecule has 0 heterocycles. The van der Waals surface area contributed by atoms with E-state index in [0.717, 1.165) is 0 Å². The van der Waals surface area contributed by atoms with Gasteiger partial charge in [0.1, 0.15) is 0 Å². The van der Waals surface area contributed by atoms with E-state index in [9.17, 15) is 0 Å². The maximum absolute atomic E-state index is 2.35. The molecule has 0 unspecified atom stereocenters. The lowest BCUT2D eigenvalue weighted by molar-refractivity contribution is -0.929. The topological polar surface area (TPSA) is 0 Å². The van der Waals surface area contributed by atoms with Gasteiger partial charge in [0.25, 0.3) is 0 Å². The third-order valence-corrected chi connectivity index (χ3v) is 8.69. The van der Waals surface area contributed by atoms with Gasteiger partial charge in [-0.25, -0.2) is 0 Å². The fraction of sp³-hybridized carbons (Fsp3) is 1.00. The minimum Gasteiger partial charge on any atom is -1.00 e. The van der Waals surface area contributed by atoms with E-state index in [1.807, 2.05) is 0 Å². The molecule has 0 N–H and O–H groups in total. The second-order valence-electron chi connectivity index (χ2n) is 12.4. The Morgan fingerprint density at radius 3 is 0.595 bits per heavy atom. The van der Waals surface area contributed by atoms with E-state index in [2.05, 4.69) is 27.7 Å². The Labute approximate surface area is 254 Å². The van der Waals surface area contributed by atoms with Gasteiger partial charge in [0.05, 0.1) is 26.2 Å². The Morgan fingerprint density at radius 1 is 0.243 bits per heavy atom. The van der Waals surface area contributed by atoms with Gasteiger partial charge in [-0.3, -0.25) is 0 Å². The summed E-state index contributed by atoms with van der Waals surface area (Å²) in [6.45, 7) is 15.3. The second-order valence-corrected chi connectivity index (χ2v) is 12.4. The van der Waals surface area contributed by atoms with E-state index in [-0.39, 0.29) is 24.0 Å². The Bertz CT molecular complexity index is 361. The molecule has 0 saturated heterocycles. The van der Waals surface area contributed by atoms with Crippen LogP contribution in [0.4, 0.5) is 0 Å². The average Bonchev–Trinajstić information content (AvgIpc) is 2.89. The van der Waals surface area contributed by atoms with Gasteiger partial charge in [0, 0.05) is 0 Å². The summed E-state index contributed by atoms with van der Waals surface area (Å²) in [7, 11) is 0. The van der Waals surface area contributed by atoms with Gasteiger partial charge in [-0.05, 0) is 51.4 Å². The normalized spacial score (nSPS) is 11.7. The quantitative estimate of drug-likeness (QED) is 0.0405. The molecule has 0 aliphatic rings. The van der Waals surface area contributed by atoms with Crippen molar-refractivity contribution in [3.05, 3.63) is 0 Å². The Balaban J connectivity index is 0. The van der Waals surface area contributed by atoms with Crippen LogP contribution in [-0.2, 0) is 0 Å². The first-order valence-electron chi connectivity index (χ1n) is 17.6. The number of rotatable bonds is 31. The molecule has 226 valence electrons. The van der Waals surface area contributed by atoms with Crippen molar-refractivity contribution in [1.29, 1.82) is 0 Å². The largest absolute Gasteiger partial charge is 1.00 e. The molecule has 0 aromatic rings. The zero-order valence-corrected chi connectivity index (χ0v) is 28.9. The molecule has 0 aliphatic heterocycles. The summed E-state index contributed by atoms with van der Waals surface area (Å²) in [5.41, 5.74) is 0. The van der Waals surface area contributed by atoms with Crippen molar-refractivity contribution >= 4 is 0 Å². The van der Waals surface area contributed by atoms with Crippen LogP contribution in [0.3, 0.4) is 0 Å². The monoisotopic (exact) mass is 635 g/mol. The molecular weight excluding hydrogens is 561 g/mol. The predicted octanol–water partition coefficient (Wildman–Crippen LogP) is 9.42. The number of halogens is 1. The molecule has 2 heteroatoms. The summed E-state index contributed by atoms with van der Waals surface area (Å²) in [6.07, 6.45) is 39.3.